The van der Waals surface area contributed by atoms with Crippen molar-refractivity contribution in [3.05, 3.63) is 39.6 Å². The molecule has 1 aliphatic carbocycles. The van der Waals surface area contributed by atoms with Crippen LogP contribution in [0, 0.1) is 0 Å². The number of nitrogens with zero attached hydrogens (tertiary/aromatic N) is 2. The highest BCUT2D eigenvalue weighted by atomic mass is 35.5. The third-order valence-electron chi connectivity index (χ3n) is 2.81. The summed E-state index contributed by atoms with van der Waals surface area (Å²) in [5.74, 6) is 0. The van der Waals surface area contributed by atoms with E-state index in [2.05, 4.69) is 9.55 Å². The summed E-state index contributed by atoms with van der Waals surface area (Å²) in [6.07, 6.45) is 5.20. The van der Waals surface area contributed by atoms with Gasteiger partial charge >= 0.3 is 0 Å². The third-order valence-corrected chi connectivity index (χ3v) is 4.22. The van der Waals surface area contributed by atoms with E-state index in [9.17, 15) is 5.11 Å². The monoisotopic (exact) mass is 254 g/mol. The Labute approximate surface area is 102 Å². The van der Waals surface area contributed by atoms with Crippen LogP contribution >= 0.6 is 22.9 Å². The van der Waals surface area contributed by atoms with E-state index in [0.717, 1.165) is 10.6 Å². The first-order valence-electron chi connectivity index (χ1n) is 5.20. The molecule has 1 saturated carbocycles. The Morgan fingerprint density at radius 1 is 1.56 bits per heavy atom. The molecule has 3 rings (SSSR count). The van der Waals surface area contributed by atoms with Crippen LogP contribution in [-0.4, -0.2) is 14.7 Å². The standard InChI is InChI=1S/C11H11ClN2OS/c12-8-3-4-16-11(8)10(15)9-5-13-6-14(9)7-1-2-7/h3-7,10,15H,1-2H2. The normalized spacial score (nSPS) is 17.6. The van der Waals surface area contributed by atoms with E-state index in [1.807, 2.05) is 11.4 Å². The van der Waals surface area contributed by atoms with Crippen molar-refractivity contribution in [3.8, 4) is 0 Å². The number of hydrogen-bond acceptors (Lipinski definition) is 3. The van der Waals surface area contributed by atoms with Crippen LogP contribution in [0.1, 0.15) is 35.6 Å². The SMILES string of the molecule is OC(c1sccc1Cl)c1cncn1C1CC1. The van der Waals surface area contributed by atoms with E-state index in [0.29, 0.717) is 11.1 Å². The lowest BCUT2D eigenvalue weighted by Gasteiger charge is -2.12. The van der Waals surface area contributed by atoms with Gasteiger partial charge in [-0.15, -0.1) is 11.3 Å². The van der Waals surface area contributed by atoms with E-state index >= 15 is 0 Å². The minimum absolute atomic E-state index is 0.519. The fourth-order valence-electron chi connectivity index (χ4n) is 1.82. The molecule has 0 radical (unpaired) electrons. The first-order chi connectivity index (χ1) is 7.77. The molecular weight excluding hydrogens is 244 g/mol. The molecule has 0 amide bonds. The van der Waals surface area contributed by atoms with Crippen molar-refractivity contribution in [2.75, 3.05) is 0 Å². The van der Waals surface area contributed by atoms with Gasteiger partial charge in [0.05, 0.1) is 28.1 Å². The van der Waals surface area contributed by atoms with Crippen molar-refractivity contribution in [1.82, 2.24) is 9.55 Å². The maximum absolute atomic E-state index is 10.3. The van der Waals surface area contributed by atoms with E-state index < -0.39 is 6.10 Å². The minimum Gasteiger partial charge on any atom is -0.381 e. The summed E-state index contributed by atoms with van der Waals surface area (Å²) < 4.78 is 2.06. The molecule has 1 N–H and O–H groups in total. The van der Waals surface area contributed by atoms with Crippen LogP contribution in [0.25, 0.3) is 0 Å². The highest BCUT2D eigenvalue weighted by Gasteiger charge is 2.28. The molecule has 1 aliphatic rings. The number of halogens is 1. The van der Waals surface area contributed by atoms with E-state index in [4.69, 9.17) is 11.6 Å². The number of aliphatic hydroxyl groups is 1. The molecule has 0 saturated heterocycles. The predicted octanol–water partition coefficient (Wildman–Crippen LogP) is 3.01. The fourth-order valence-corrected chi connectivity index (χ4v) is 2.98. The number of imidazole rings is 1. The summed E-state index contributed by atoms with van der Waals surface area (Å²) >= 11 is 7.49. The molecule has 1 fully saturated rings. The fraction of sp³-hybridized carbons (Fsp3) is 0.364. The Balaban J connectivity index is 1.97. The molecular formula is C11H11ClN2OS. The van der Waals surface area contributed by atoms with Crippen LogP contribution in [-0.2, 0) is 0 Å². The molecule has 1 unspecified atom stereocenters. The van der Waals surface area contributed by atoms with E-state index in [1.54, 1.807) is 12.5 Å². The molecule has 3 nitrogen and oxygen atoms in total. The zero-order valence-electron chi connectivity index (χ0n) is 8.51. The third kappa shape index (κ3) is 1.67. The second kappa shape index (κ2) is 3.87. The van der Waals surface area contributed by atoms with Crippen molar-refractivity contribution in [1.29, 1.82) is 0 Å². The lowest BCUT2D eigenvalue weighted by molar-refractivity contribution is 0.213. The number of rotatable bonds is 3. The quantitative estimate of drug-likeness (QED) is 0.914. The van der Waals surface area contributed by atoms with Gasteiger partial charge in [-0.05, 0) is 24.3 Å². The predicted molar refractivity (Wildman–Crippen MR) is 63.9 cm³/mol. The lowest BCUT2D eigenvalue weighted by Crippen LogP contribution is -2.06. The van der Waals surface area contributed by atoms with Gasteiger partial charge < -0.3 is 9.67 Å². The van der Waals surface area contributed by atoms with Crippen molar-refractivity contribution < 1.29 is 5.11 Å². The molecule has 1 atom stereocenters. The molecule has 16 heavy (non-hydrogen) atoms. The lowest BCUT2D eigenvalue weighted by atomic mass is 10.2. The zero-order valence-corrected chi connectivity index (χ0v) is 10.1. The molecule has 2 aromatic heterocycles. The smallest absolute Gasteiger partial charge is 0.131 e. The van der Waals surface area contributed by atoms with Gasteiger partial charge in [-0.2, -0.15) is 0 Å². The Morgan fingerprint density at radius 3 is 3.00 bits per heavy atom. The van der Waals surface area contributed by atoms with Gasteiger partial charge in [0.15, 0.2) is 0 Å². The Hall–Kier alpha value is -0.840. The maximum atomic E-state index is 10.3. The van der Waals surface area contributed by atoms with Gasteiger partial charge in [0.2, 0.25) is 0 Å². The van der Waals surface area contributed by atoms with Crippen molar-refractivity contribution in [2.45, 2.75) is 25.0 Å². The molecule has 5 heteroatoms. The topological polar surface area (TPSA) is 38.1 Å². The van der Waals surface area contributed by atoms with Crippen LogP contribution in [0.15, 0.2) is 24.0 Å². The first kappa shape index (κ1) is 10.3. The van der Waals surface area contributed by atoms with Crippen LogP contribution < -0.4 is 0 Å². The van der Waals surface area contributed by atoms with Gasteiger partial charge in [0, 0.05) is 6.04 Å². The Bertz CT molecular complexity index is 504. The first-order valence-corrected chi connectivity index (χ1v) is 6.46. The molecule has 2 heterocycles. The molecule has 0 bridgehead atoms. The zero-order chi connectivity index (χ0) is 11.1. The molecule has 2 aromatic rings. The number of aromatic nitrogens is 2. The number of aliphatic hydroxyl groups excluding tert-OH is 1. The summed E-state index contributed by atoms with van der Waals surface area (Å²) in [6.45, 7) is 0. The Morgan fingerprint density at radius 2 is 2.38 bits per heavy atom. The van der Waals surface area contributed by atoms with Crippen molar-refractivity contribution >= 4 is 22.9 Å². The number of thiophene rings is 1. The van der Waals surface area contributed by atoms with Gasteiger partial charge in [-0.3, -0.25) is 0 Å². The molecule has 0 spiro atoms. The molecule has 84 valence electrons. The number of hydrogen-bond donors (Lipinski definition) is 1. The second-order valence-electron chi connectivity index (χ2n) is 3.99. The average molecular weight is 255 g/mol. The maximum Gasteiger partial charge on any atom is 0.131 e. The van der Waals surface area contributed by atoms with Gasteiger partial charge in [-0.25, -0.2) is 4.98 Å². The Kier molecular flexibility index (Phi) is 2.50. The summed E-state index contributed by atoms with van der Waals surface area (Å²) in [7, 11) is 0. The van der Waals surface area contributed by atoms with Crippen LogP contribution in [0.3, 0.4) is 0 Å². The van der Waals surface area contributed by atoms with E-state index in [1.165, 1.54) is 24.2 Å². The van der Waals surface area contributed by atoms with Gasteiger partial charge in [-0.1, -0.05) is 11.6 Å². The summed E-state index contributed by atoms with van der Waals surface area (Å²) in [4.78, 5) is 4.90. The molecule has 0 aliphatic heterocycles. The summed E-state index contributed by atoms with van der Waals surface area (Å²) in [6, 6.07) is 2.33. The van der Waals surface area contributed by atoms with Crippen LogP contribution in [0.2, 0.25) is 5.02 Å². The van der Waals surface area contributed by atoms with E-state index in [-0.39, 0.29) is 0 Å². The van der Waals surface area contributed by atoms with Gasteiger partial charge in [0.25, 0.3) is 0 Å². The summed E-state index contributed by atoms with van der Waals surface area (Å²) in [5, 5.41) is 12.8. The van der Waals surface area contributed by atoms with Crippen molar-refractivity contribution in [2.24, 2.45) is 0 Å². The minimum atomic E-state index is -0.657. The van der Waals surface area contributed by atoms with Crippen LogP contribution in [0.5, 0.6) is 0 Å². The van der Waals surface area contributed by atoms with Crippen LogP contribution in [0.4, 0.5) is 0 Å². The average Bonchev–Trinajstić information content (AvgIpc) is 2.85. The summed E-state index contributed by atoms with van der Waals surface area (Å²) in [5.41, 5.74) is 0.840. The highest BCUT2D eigenvalue weighted by Crippen LogP contribution is 2.39. The second-order valence-corrected chi connectivity index (χ2v) is 5.35. The molecule has 0 aromatic carbocycles. The highest BCUT2D eigenvalue weighted by molar-refractivity contribution is 7.10. The van der Waals surface area contributed by atoms with Crippen molar-refractivity contribution in [3.63, 3.8) is 0 Å². The van der Waals surface area contributed by atoms with Gasteiger partial charge in [0.1, 0.15) is 6.10 Å². The largest absolute Gasteiger partial charge is 0.381 e.